The molecule has 21 heavy (non-hydrogen) atoms. The lowest BCUT2D eigenvalue weighted by Crippen LogP contribution is -2.06. The van der Waals surface area contributed by atoms with E-state index < -0.39 is 17.4 Å². The predicted octanol–water partition coefficient (Wildman–Crippen LogP) is 4.66. The first-order valence-electron chi connectivity index (χ1n) is 6.56. The highest BCUT2D eigenvalue weighted by atomic mass is 19.1. The fraction of sp³-hybridized carbons (Fsp3) is 0.0556. The molecular formula is C18H12F2O. The lowest BCUT2D eigenvalue weighted by Gasteiger charge is -2.08. The molecule has 0 unspecified atom stereocenters. The largest absolute Gasteiger partial charge is 0.288 e. The Morgan fingerprint density at radius 1 is 0.810 bits per heavy atom. The van der Waals surface area contributed by atoms with E-state index in [9.17, 15) is 13.6 Å². The van der Waals surface area contributed by atoms with Gasteiger partial charge in [0.15, 0.2) is 5.78 Å². The number of ketones is 1. The molecule has 0 saturated heterocycles. The van der Waals surface area contributed by atoms with Crippen LogP contribution in [0.1, 0.15) is 21.5 Å². The Bertz CT molecular complexity index is 853. The van der Waals surface area contributed by atoms with Crippen molar-refractivity contribution in [2.24, 2.45) is 0 Å². The van der Waals surface area contributed by atoms with Gasteiger partial charge >= 0.3 is 0 Å². The summed E-state index contributed by atoms with van der Waals surface area (Å²) in [7, 11) is 0. The molecule has 0 aromatic heterocycles. The number of hydrogen-bond donors (Lipinski definition) is 0. The third kappa shape index (κ3) is 2.31. The molecule has 0 radical (unpaired) electrons. The zero-order valence-corrected chi connectivity index (χ0v) is 11.4. The van der Waals surface area contributed by atoms with Gasteiger partial charge in [0, 0.05) is 10.9 Å². The summed E-state index contributed by atoms with van der Waals surface area (Å²) in [6.45, 7) is 1.79. The highest BCUT2D eigenvalue weighted by Crippen LogP contribution is 2.25. The van der Waals surface area contributed by atoms with E-state index in [1.165, 1.54) is 24.3 Å². The molecule has 104 valence electrons. The summed E-state index contributed by atoms with van der Waals surface area (Å²) in [5.74, 6) is -1.40. The van der Waals surface area contributed by atoms with Crippen molar-refractivity contribution >= 4 is 16.6 Å². The van der Waals surface area contributed by atoms with Crippen molar-refractivity contribution in [2.75, 3.05) is 0 Å². The first-order chi connectivity index (χ1) is 10.1. The Morgan fingerprint density at radius 3 is 2.24 bits per heavy atom. The van der Waals surface area contributed by atoms with Gasteiger partial charge in [-0.2, -0.15) is 0 Å². The lowest BCUT2D eigenvalue weighted by molar-refractivity contribution is 0.103. The predicted molar refractivity (Wildman–Crippen MR) is 78.5 cm³/mol. The number of carbonyl (C=O) groups is 1. The van der Waals surface area contributed by atoms with E-state index in [1.807, 2.05) is 0 Å². The third-order valence-corrected chi connectivity index (χ3v) is 3.48. The van der Waals surface area contributed by atoms with Gasteiger partial charge in [-0.15, -0.1) is 0 Å². The van der Waals surface area contributed by atoms with Crippen LogP contribution in [-0.2, 0) is 0 Å². The van der Waals surface area contributed by atoms with Crippen LogP contribution in [0.2, 0.25) is 0 Å². The highest BCUT2D eigenvalue weighted by Gasteiger charge is 2.17. The van der Waals surface area contributed by atoms with Gasteiger partial charge < -0.3 is 0 Å². The molecule has 0 amide bonds. The maximum atomic E-state index is 13.9. The fourth-order valence-corrected chi connectivity index (χ4v) is 2.42. The highest BCUT2D eigenvalue weighted by molar-refractivity contribution is 6.16. The zero-order valence-electron chi connectivity index (χ0n) is 11.4. The van der Waals surface area contributed by atoms with Crippen LogP contribution in [-0.4, -0.2) is 5.78 Å². The second kappa shape index (κ2) is 5.09. The summed E-state index contributed by atoms with van der Waals surface area (Å²) in [5, 5.41) is 0.847. The number of halogens is 2. The van der Waals surface area contributed by atoms with E-state index in [2.05, 4.69) is 0 Å². The van der Waals surface area contributed by atoms with Crippen LogP contribution in [0.25, 0.3) is 10.8 Å². The quantitative estimate of drug-likeness (QED) is 0.625. The van der Waals surface area contributed by atoms with Gasteiger partial charge in [0.25, 0.3) is 0 Å². The molecule has 3 aromatic carbocycles. The summed E-state index contributed by atoms with van der Waals surface area (Å²) in [4.78, 5) is 12.6. The van der Waals surface area contributed by atoms with Crippen LogP contribution in [0, 0.1) is 18.6 Å². The van der Waals surface area contributed by atoms with E-state index in [-0.39, 0.29) is 5.56 Å². The zero-order chi connectivity index (χ0) is 15.0. The Hall–Kier alpha value is -2.55. The minimum atomic E-state index is -0.570. The molecule has 0 spiro atoms. The topological polar surface area (TPSA) is 17.1 Å². The van der Waals surface area contributed by atoms with Crippen molar-refractivity contribution in [3.05, 3.63) is 82.9 Å². The van der Waals surface area contributed by atoms with Crippen molar-refractivity contribution in [3.8, 4) is 0 Å². The summed E-state index contributed by atoms with van der Waals surface area (Å²) in [6, 6.07) is 13.7. The minimum Gasteiger partial charge on any atom is -0.288 e. The van der Waals surface area contributed by atoms with Gasteiger partial charge in [0.1, 0.15) is 11.6 Å². The van der Waals surface area contributed by atoms with E-state index in [0.717, 1.165) is 5.56 Å². The Labute approximate surface area is 120 Å². The Morgan fingerprint density at radius 2 is 1.48 bits per heavy atom. The first-order valence-corrected chi connectivity index (χ1v) is 6.56. The van der Waals surface area contributed by atoms with Crippen LogP contribution in [0.4, 0.5) is 8.78 Å². The molecule has 0 aliphatic heterocycles. The molecule has 0 bridgehead atoms. The van der Waals surface area contributed by atoms with E-state index in [0.29, 0.717) is 16.3 Å². The molecular weight excluding hydrogens is 270 g/mol. The Balaban J connectivity index is 2.23. The molecule has 3 heteroatoms. The smallest absolute Gasteiger partial charge is 0.196 e. The minimum absolute atomic E-state index is 0.00626. The number of rotatable bonds is 2. The lowest BCUT2D eigenvalue weighted by atomic mass is 9.96. The van der Waals surface area contributed by atoms with Crippen LogP contribution in [0.5, 0.6) is 0 Å². The molecule has 3 aromatic rings. The van der Waals surface area contributed by atoms with Crippen molar-refractivity contribution < 1.29 is 13.6 Å². The maximum absolute atomic E-state index is 13.9. The van der Waals surface area contributed by atoms with Gasteiger partial charge in [-0.25, -0.2) is 8.78 Å². The third-order valence-electron chi connectivity index (χ3n) is 3.48. The second-order valence-electron chi connectivity index (χ2n) is 4.95. The van der Waals surface area contributed by atoms with Crippen LogP contribution in [0.15, 0.2) is 54.6 Å². The molecule has 0 aliphatic carbocycles. The molecule has 0 saturated carbocycles. The summed E-state index contributed by atoms with van der Waals surface area (Å²) < 4.78 is 27.7. The molecule has 0 atom stereocenters. The molecule has 1 nitrogen and oxygen atoms in total. The molecule has 0 heterocycles. The van der Waals surface area contributed by atoms with Crippen LogP contribution >= 0.6 is 0 Å². The maximum Gasteiger partial charge on any atom is 0.196 e. The number of carbonyl (C=O) groups excluding carboxylic acids is 1. The van der Waals surface area contributed by atoms with Crippen molar-refractivity contribution in [1.29, 1.82) is 0 Å². The monoisotopic (exact) mass is 282 g/mol. The second-order valence-corrected chi connectivity index (χ2v) is 4.95. The fourth-order valence-electron chi connectivity index (χ4n) is 2.42. The summed E-state index contributed by atoms with van der Waals surface area (Å²) in [6.07, 6.45) is 0. The molecule has 0 fully saturated rings. The first kappa shape index (κ1) is 13.4. The number of aryl methyl sites for hydroxylation is 1. The van der Waals surface area contributed by atoms with Gasteiger partial charge in [0.05, 0.1) is 5.56 Å². The van der Waals surface area contributed by atoms with Gasteiger partial charge in [0.2, 0.25) is 0 Å². The normalized spacial score (nSPS) is 10.8. The van der Waals surface area contributed by atoms with Crippen LogP contribution < -0.4 is 0 Å². The molecule has 3 rings (SSSR count). The summed E-state index contributed by atoms with van der Waals surface area (Å²) >= 11 is 0. The van der Waals surface area contributed by atoms with Crippen molar-refractivity contribution in [3.63, 3.8) is 0 Å². The molecule has 0 aliphatic rings. The standard InChI is InChI=1S/C18H12F2O/c1-11-6-8-17(20)15(10-11)18(21)14-7-9-16(19)13-5-3-2-4-12(13)14/h2-10H,1H3. The van der Waals surface area contributed by atoms with Gasteiger partial charge in [-0.05, 0) is 36.6 Å². The van der Waals surface area contributed by atoms with E-state index in [1.54, 1.807) is 37.3 Å². The Kier molecular flexibility index (Phi) is 3.26. The van der Waals surface area contributed by atoms with Gasteiger partial charge in [-0.1, -0.05) is 35.9 Å². The van der Waals surface area contributed by atoms with Crippen LogP contribution in [0.3, 0.4) is 0 Å². The van der Waals surface area contributed by atoms with E-state index in [4.69, 9.17) is 0 Å². The van der Waals surface area contributed by atoms with Crippen molar-refractivity contribution in [2.45, 2.75) is 6.92 Å². The van der Waals surface area contributed by atoms with E-state index >= 15 is 0 Å². The average Bonchev–Trinajstić information content (AvgIpc) is 2.50. The van der Waals surface area contributed by atoms with Gasteiger partial charge in [-0.3, -0.25) is 4.79 Å². The van der Waals surface area contributed by atoms with Crippen molar-refractivity contribution in [1.82, 2.24) is 0 Å². The number of fused-ring (bicyclic) bond motifs is 1. The summed E-state index contributed by atoms with van der Waals surface area (Å²) in [5.41, 5.74) is 1.11. The number of hydrogen-bond acceptors (Lipinski definition) is 1. The SMILES string of the molecule is Cc1ccc(F)c(C(=O)c2ccc(F)c3ccccc23)c1. The number of benzene rings is 3. The molecule has 0 N–H and O–H groups in total. The average molecular weight is 282 g/mol.